The second-order valence-corrected chi connectivity index (χ2v) is 6.64. The zero-order chi connectivity index (χ0) is 16.8. The van der Waals surface area contributed by atoms with Crippen molar-refractivity contribution in [1.29, 1.82) is 0 Å². The fourth-order valence-corrected chi connectivity index (χ4v) is 3.39. The quantitative estimate of drug-likeness (QED) is 0.882. The summed E-state index contributed by atoms with van der Waals surface area (Å²) in [5.41, 5.74) is 2.41. The number of ether oxygens (including phenoxy) is 1. The minimum Gasteiger partial charge on any atom is -0.489 e. The molecular formula is C21H27NO2. The average molecular weight is 325 g/mol. The number of rotatable bonds is 6. The summed E-state index contributed by atoms with van der Waals surface area (Å²) in [6, 6.07) is 18.5. The zero-order valence-electron chi connectivity index (χ0n) is 14.4. The Morgan fingerprint density at radius 1 is 1.08 bits per heavy atom. The molecular weight excluding hydrogens is 298 g/mol. The van der Waals surface area contributed by atoms with Crippen LogP contribution in [0.1, 0.15) is 24.5 Å². The van der Waals surface area contributed by atoms with E-state index in [-0.39, 0.29) is 6.10 Å². The van der Waals surface area contributed by atoms with Gasteiger partial charge in [0.25, 0.3) is 0 Å². The molecule has 1 heterocycles. The molecule has 0 bridgehead atoms. The van der Waals surface area contributed by atoms with Gasteiger partial charge in [0, 0.05) is 19.0 Å². The molecule has 2 aromatic rings. The molecule has 3 nitrogen and oxygen atoms in total. The Morgan fingerprint density at radius 3 is 2.67 bits per heavy atom. The summed E-state index contributed by atoms with van der Waals surface area (Å²) < 4.78 is 5.92. The molecule has 0 spiro atoms. The van der Waals surface area contributed by atoms with Gasteiger partial charge in [0.1, 0.15) is 12.4 Å². The Morgan fingerprint density at radius 2 is 1.88 bits per heavy atom. The lowest BCUT2D eigenvalue weighted by Crippen LogP contribution is -2.43. The number of hydrogen-bond donors (Lipinski definition) is 1. The van der Waals surface area contributed by atoms with Crippen molar-refractivity contribution < 1.29 is 9.84 Å². The topological polar surface area (TPSA) is 32.7 Å². The number of aliphatic hydroxyl groups excluding tert-OH is 1. The smallest absolute Gasteiger partial charge is 0.120 e. The van der Waals surface area contributed by atoms with Crippen LogP contribution >= 0.6 is 0 Å². The van der Waals surface area contributed by atoms with E-state index in [4.69, 9.17) is 4.74 Å². The lowest BCUT2D eigenvalue weighted by molar-refractivity contribution is 0.0290. The van der Waals surface area contributed by atoms with E-state index in [1.165, 1.54) is 11.1 Å². The Labute approximate surface area is 144 Å². The summed E-state index contributed by atoms with van der Waals surface area (Å²) in [5.74, 6) is 1.21. The highest BCUT2D eigenvalue weighted by Gasteiger charge is 2.27. The van der Waals surface area contributed by atoms with Gasteiger partial charge in [0.05, 0.1) is 6.10 Å². The number of piperidine rings is 1. The maximum absolute atomic E-state index is 10.3. The molecule has 0 aliphatic carbocycles. The molecule has 1 aliphatic heterocycles. The van der Waals surface area contributed by atoms with Crippen LogP contribution in [0.4, 0.5) is 0 Å². The molecule has 0 amide bonds. The third-order valence-electron chi connectivity index (χ3n) is 4.87. The summed E-state index contributed by atoms with van der Waals surface area (Å²) in [5, 5.41) is 10.3. The van der Waals surface area contributed by atoms with Crippen molar-refractivity contribution in [2.45, 2.75) is 32.5 Å². The van der Waals surface area contributed by atoms with Gasteiger partial charge in [-0.05, 0) is 42.6 Å². The monoisotopic (exact) mass is 325 g/mol. The first kappa shape index (κ1) is 17.0. The molecule has 1 saturated heterocycles. The first-order valence-corrected chi connectivity index (χ1v) is 8.90. The third kappa shape index (κ3) is 4.59. The van der Waals surface area contributed by atoms with E-state index >= 15 is 0 Å². The van der Waals surface area contributed by atoms with Gasteiger partial charge in [-0.25, -0.2) is 0 Å². The van der Waals surface area contributed by atoms with Crippen LogP contribution in [-0.4, -0.2) is 35.7 Å². The van der Waals surface area contributed by atoms with Gasteiger partial charge in [0.2, 0.25) is 0 Å². The van der Waals surface area contributed by atoms with Crippen LogP contribution in [0.15, 0.2) is 54.6 Å². The highest BCUT2D eigenvalue weighted by molar-refractivity contribution is 5.29. The predicted molar refractivity (Wildman–Crippen MR) is 97.1 cm³/mol. The Bertz CT molecular complexity index is 629. The zero-order valence-corrected chi connectivity index (χ0v) is 14.4. The summed E-state index contributed by atoms with van der Waals surface area (Å²) in [6.45, 7) is 5.82. The summed E-state index contributed by atoms with van der Waals surface area (Å²) in [6.07, 6.45) is 1.59. The van der Waals surface area contributed by atoms with Crippen molar-refractivity contribution in [3.63, 3.8) is 0 Å². The molecule has 2 aromatic carbocycles. The Hall–Kier alpha value is -1.84. The normalized spacial score (nSPS) is 21.6. The van der Waals surface area contributed by atoms with Crippen molar-refractivity contribution in [1.82, 2.24) is 4.90 Å². The number of aliphatic hydroxyl groups is 1. The molecule has 2 unspecified atom stereocenters. The lowest BCUT2D eigenvalue weighted by atomic mass is 9.88. The van der Waals surface area contributed by atoms with Gasteiger partial charge >= 0.3 is 0 Å². The van der Waals surface area contributed by atoms with Crippen LogP contribution in [-0.2, 0) is 13.0 Å². The van der Waals surface area contributed by atoms with Crippen LogP contribution < -0.4 is 4.74 Å². The molecule has 3 rings (SSSR count). The van der Waals surface area contributed by atoms with Crippen LogP contribution in [0.25, 0.3) is 0 Å². The van der Waals surface area contributed by atoms with E-state index in [0.717, 1.165) is 38.2 Å². The molecule has 128 valence electrons. The second-order valence-electron chi connectivity index (χ2n) is 6.64. The summed E-state index contributed by atoms with van der Waals surface area (Å²) >= 11 is 0. The highest BCUT2D eigenvalue weighted by atomic mass is 16.5. The molecule has 1 aliphatic rings. The molecule has 0 radical (unpaired) electrons. The molecule has 0 aromatic heterocycles. The lowest BCUT2D eigenvalue weighted by Gasteiger charge is -2.35. The van der Waals surface area contributed by atoms with E-state index in [0.29, 0.717) is 12.5 Å². The number of hydrogen-bond acceptors (Lipinski definition) is 3. The van der Waals surface area contributed by atoms with E-state index in [9.17, 15) is 5.11 Å². The molecule has 3 heteroatoms. The Kier molecular flexibility index (Phi) is 5.89. The predicted octanol–water partition coefficient (Wildman–Crippen LogP) is 3.51. The minimum absolute atomic E-state index is 0.193. The van der Waals surface area contributed by atoms with Crippen molar-refractivity contribution in [2.24, 2.45) is 5.92 Å². The van der Waals surface area contributed by atoms with E-state index in [1.54, 1.807) is 0 Å². The number of likely N-dealkylation sites (tertiary alicyclic amines) is 1. The standard InChI is InChI=1S/C21H27NO2/c1-2-22-12-11-21(23)19(15-22)13-18-9-6-10-20(14-18)24-16-17-7-4-3-5-8-17/h3-10,14,19,21,23H,2,11-13,15-16H2,1H3. The Balaban J connectivity index is 1.60. The molecule has 1 fully saturated rings. The molecule has 2 atom stereocenters. The first-order chi connectivity index (χ1) is 11.7. The van der Waals surface area contributed by atoms with Crippen molar-refractivity contribution >= 4 is 0 Å². The maximum Gasteiger partial charge on any atom is 0.120 e. The van der Waals surface area contributed by atoms with Gasteiger partial charge < -0.3 is 14.7 Å². The summed E-state index contributed by atoms with van der Waals surface area (Å²) in [7, 11) is 0. The van der Waals surface area contributed by atoms with Gasteiger partial charge in [-0.3, -0.25) is 0 Å². The highest BCUT2D eigenvalue weighted by Crippen LogP contribution is 2.23. The van der Waals surface area contributed by atoms with Crippen molar-refractivity contribution in [2.75, 3.05) is 19.6 Å². The van der Waals surface area contributed by atoms with Gasteiger partial charge in [0.15, 0.2) is 0 Å². The molecule has 1 N–H and O–H groups in total. The van der Waals surface area contributed by atoms with Crippen molar-refractivity contribution in [3.8, 4) is 5.75 Å². The third-order valence-corrected chi connectivity index (χ3v) is 4.87. The minimum atomic E-state index is -0.193. The molecule has 24 heavy (non-hydrogen) atoms. The van der Waals surface area contributed by atoms with Gasteiger partial charge in [-0.2, -0.15) is 0 Å². The van der Waals surface area contributed by atoms with Crippen molar-refractivity contribution in [3.05, 3.63) is 65.7 Å². The second kappa shape index (κ2) is 8.32. The van der Waals surface area contributed by atoms with E-state index in [2.05, 4.69) is 36.1 Å². The van der Waals surface area contributed by atoms with Crippen LogP contribution in [0, 0.1) is 5.92 Å². The van der Waals surface area contributed by atoms with E-state index in [1.807, 2.05) is 30.3 Å². The van der Waals surface area contributed by atoms with Gasteiger partial charge in [-0.1, -0.05) is 49.4 Å². The number of benzene rings is 2. The molecule has 0 saturated carbocycles. The summed E-state index contributed by atoms with van der Waals surface area (Å²) in [4.78, 5) is 2.42. The largest absolute Gasteiger partial charge is 0.489 e. The van der Waals surface area contributed by atoms with Gasteiger partial charge in [-0.15, -0.1) is 0 Å². The SMILES string of the molecule is CCN1CCC(O)C(Cc2cccc(OCc3ccccc3)c2)C1. The maximum atomic E-state index is 10.3. The van der Waals surface area contributed by atoms with Crippen LogP contribution in [0.3, 0.4) is 0 Å². The average Bonchev–Trinajstić information content (AvgIpc) is 2.63. The van der Waals surface area contributed by atoms with E-state index < -0.39 is 0 Å². The van der Waals surface area contributed by atoms with Crippen LogP contribution in [0.5, 0.6) is 5.75 Å². The fourth-order valence-electron chi connectivity index (χ4n) is 3.39. The van der Waals surface area contributed by atoms with Crippen LogP contribution in [0.2, 0.25) is 0 Å². The first-order valence-electron chi connectivity index (χ1n) is 8.90. The fraction of sp³-hybridized carbons (Fsp3) is 0.429. The number of nitrogens with zero attached hydrogens (tertiary/aromatic N) is 1.